The number of fused-ring (bicyclic) bond motifs is 1. The number of para-hydroxylation sites is 2. The van der Waals surface area contributed by atoms with Crippen LogP contribution in [0, 0.1) is 0 Å². The van der Waals surface area contributed by atoms with Crippen molar-refractivity contribution in [2.75, 3.05) is 43.9 Å². The van der Waals surface area contributed by atoms with Crippen LogP contribution in [0.2, 0.25) is 0 Å². The summed E-state index contributed by atoms with van der Waals surface area (Å²) in [7, 11) is 4.25. The third-order valence-corrected chi connectivity index (χ3v) is 3.12. The molecule has 3 nitrogen and oxygen atoms in total. The van der Waals surface area contributed by atoms with Crippen molar-refractivity contribution in [3.05, 3.63) is 24.3 Å². The molecule has 0 saturated heterocycles. The van der Waals surface area contributed by atoms with Crippen LogP contribution in [-0.2, 0) is 0 Å². The molecule has 0 spiro atoms. The number of hydrogen-bond acceptors (Lipinski definition) is 3. The van der Waals surface area contributed by atoms with Gasteiger partial charge in [0.15, 0.2) is 0 Å². The lowest BCUT2D eigenvalue weighted by atomic mass is 9.99. The summed E-state index contributed by atoms with van der Waals surface area (Å²) >= 11 is 0. The molecule has 2 rings (SSSR count). The monoisotopic (exact) mass is 233 g/mol. The fourth-order valence-corrected chi connectivity index (χ4v) is 2.34. The largest absolute Gasteiger partial charge is 0.377 e. The Morgan fingerprint density at radius 2 is 2.00 bits per heavy atom. The minimum absolute atomic E-state index is 0.140. The highest BCUT2D eigenvalue weighted by Gasteiger charge is 2.28. The Morgan fingerprint density at radius 3 is 2.71 bits per heavy atom. The van der Waals surface area contributed by atoms with E-state index in [2.05, 4.69) is 67.3 Å². The molecule has 0 atom stereocenters. The third kappa shape index (κ3) is 2.91. The highest BCUT2D eigenvalue weighted by atomic mass is 15.2. The number of likely N-dealkylation sites (N-methyl/N-ethyl adjacent to an activating group) is 1. The topological polar surface area (TPSA) is 18.5 Å². The summed E-state index contributed by atoms with van der Waals surface area (Å²) in [6.07, 6.45) is 0. The summed E-state index contributed by atoms with van der Waals surface area (Å²) in [5.74, 6) is 0. The fraction of sp³-hybridized carbons (Fsp3) is 0.571. The predicted molar refractivity (Wildman–Crippen MR) is 74.9 cm³/mol. The van der Waals surface area contributed by atoms with Crippen molar-refractivity contribution in [3.8, 4) is 0 Å². The van der Waals surface area contributed by atoms with Crippen molar-refractivity contribution in [2.24, 2.45) is 0 Å². The van der Waals surface area contributed by atoms with Crippen LogP contribution in [0.15, 0.2) is 24.3 Å². The molecule has 0 fully saturated rings. The second-order valence-electron chi connectivity index (χ2n) is 5.75. The van der Waals surface area contributed by atoms with Gasteiger partial charge in [0.1, 0.15) is 0 Å². The third-order valence-electron chi connectivity index (χ3n) is 3.12. The van der Waals surface area contributed by atoms with Gasteiger partial charge in [-0.25, -0.2) is 0 Å². The molecule has 1 heterocycles. The van der Waals surface area contributed by atoms with E-state index in [9.17, 15) is 0 Å². The molecular formula is C14H23N3. The standard InChI is InChI=1S/C14H23N3/c1-14(2)11-17(10-9-16(3)4)13-8-6-5-7-12(13)15-14/h5-8,15H,9-11H2,1-4H3. The van der Waals surface area contributed by atoms with Gasteiger partial charge in [-0.1, -0.05) is 12.1 Å². The van der Waals surface area contributed by atoms with E-state index in [0.717, 1.165) is 19.6 Å². The van der Waals surface area contributed by atoms with Crippen molar-refractivity contribution in [2.45, 2.75) is 19.4 Å². The first-order valence-electron chi connectivity index (χ1n) is 6.25. The molecule has 17 heavy (non-hydrogen) atoms. The van der Waals surface area contributed by atoms with Crippen molar-refractivity contribution in [3.63, 3.8) is 0 Å². The van der Waals surface area contributed by atoms with Gasteiger partial charge >= 0.3 is 0 Å². The Bertz CT molecular complexity index is 385. The van der Waals surface area contributed by atoms with Gasteiger partial charge in [0.25, 0.3) is 0 Å². The first-order chi connectivity index (χ1) is 7.98. The van der Waals surface area contributed by atoms with E-state index in [-0.39, 0.29) is 5.54 Å². The van der Waals surface area contributed by atoms with Crippen molar-refractivity contribution < 1.29 is 0 Å². The number of rotatable bonds is 3. The summed E-state index contributed by atoms with van der Waals surface area (Å²) in [6, 6.07) is 8.57. The molecule has 94 valence electrons. The fourth-order valence-electron chi connectivity index (χ4n) is 2.34. The Hall–Kier alpha value is -1.22. The molecule has 0 aromatic heterocycles. The lowest BCUT2D eigenvalue weighted by Gasteiger charge is -2.42. The van der Waals surface area contributed by atoms with E-state index in [4.69, 9.17) is 0 Å². The zero-order valence-electron chi connectivity index (χ0n) is 11.3. The minimum atomic E-state index is 0.140. The van der Waals surface area contributed by atoms with Crippen molar-refractivity contribution >= 4 is 11.4 Å². The molecule has 3 heteroatoms. The van der Waals surface area contributed by atoms with Gasteiger partial charge in [0, 0.05) is 25.2 Å². The molecular weight excluding hydrogens is 210 g/mol. The van der Waals surface area contributed by atoms with Gasteiger partial charge in [0.2, 0.25) is 0 Å². The second-order valence-corrected chi connectivity index (χ2v) is 5.75. The van der Waals surface area contributed by atoms with Gasteiger partial charge in [-0.15, -0.1) is 0 Å². The average Bonchev–Trinajstić information content (AvgIpc) is 2.24. The lowest BCUT2D eigenvalue weighted by Crippen LogP contribution is -2.50. The maximum atomic E-state index is 3.60. The van der Waals surface area contributed by atoms with Crippen LogP contribution in [-0.4, -0.2) is 44.2 Å². The molecule has 0 unspecified atom stereocenters. The summed E-state index contributed by atoms with van der Waals surface area (Å²) in [4.78, 5) is 4.71. The maximum absolute atomic E-state index is 3.60. The summed E-state index contributed by atoms with van der Waals surface area (Å²) in [5, 5.41) is 3.60. The Labute approximate surface area is 104 Å². The molecule has 0 saturated carbocycles. The minimum Gasteiger partial charge on any atom is -0.377 e. The normalized spacial score (nSPS) is 17.8. The Kier molecular flexibility index (Phi) is 3.29. The van der Waals surface area contributed by atoms with Gasteiger partial charge in [-0.05, 0) is 40.1 Å². The Balaban J connectivity index is 2.20. The van der Waals surface area contributed by atoms with Crippen LogP contribution in [0.5, 0.6) is 0 Å². The zero-order chi connectivity index (χ0) is 12.5. The van der Waals surface area contributed by atoms with Gasteiger partial charge < -0.3 is 15.1 Å². The lowest BCUT2D eigenvalue weighted by molar-refractivity contribution is 0.404. The predicted octanol–water partition coefficient (Wildman–Crippen LogP) is 2.26. The van der Waals surface area contributed by atoms with Gasteiger partial charge in [-0.2, -0.15) is 0 Å². The van der Waals surface area contributed by atoms with Gasteiger partial charge in [0.05, 0.1) is 11.4 Å². The molecule has 1 aromatic rings. The van der Waals surface area contributed by atoms with E-state index >= 15 is 0 Å². The van der Waals surface area contributed by atoms with Crippen LogP contribution in [0.25, 0.3) is 0 Å². The summed E-state index contributed by atoms with van der Waals surface area (Å²) in [6.45, 7) is 7.73. The van der Waals surface area contributed by atoms with Gasteiger partial charge in [-0.3, -0.25) is 0 Å². The SMILES string of the molecule is CN(C)CCN1CC(C)(C)Nc2ccccc21. The first-order valence-corrected chi connectivity index (χ1v) is 6.25. The van der Waals surface area contributed by atoms with E-state index in [0.29, 0.717) is 0 Å². The Morgan fingerprint density at radius 1 is 1.29 bits per heavy atom. The van der Waals surface area contributed by atoms with E-state index < -0.39 is 0 Å². The molecule has 0 amide bonds. The number of hydrogen-bond donors (Lipinski definition) is 1. The number of nitrogens with zero attached hydrogens (tertiary/aromatic N) is 2. The molecule has 1 aliphatic rings. The van der Waals surface area contributed by atoms with Crippen LogP contribution in [0.4, 0.5) is 11.4 Å². The molecule has 0 radical (unpaired) electrons. The van der Waals surface area contributed by atoms with Crippen LogP contribution in [0.3, 0.4) is 0 Å². The molecule has 1 aromatic carbocycles. The molecule has 0 aliphatic carbocycles. The highest BCUT2D eigenvalue weighted by Crippen LogP contribution is 2.33. The number of benzene rings is 1. The first kappa shape index (κ1) is 12.2. The van der Waals surface area contributed by atoms with Crippen molar-refractivity contribution in [1.82, 2.24) is 4.90 Å². The van der Waals surface area contributed by atoms with Crippen molar-refractivity contribution in [1.29, 1.82) is 0 Å². The summed E-state index contributed by atoms with van der Waals surface area (Å²) in [5.41, 5.74) is 2.72. The average molecular weight is 233 g/mol. The molecule has 1 N–H and O–H groups in total. The van der Waals surface area contributed by atoms with E-state index in [1.807, 2.05) is 0 Å². The maximum Gasteiger partial charge on any atom is 0.0603 e. The van der Waals surface area contributed by atoms with Crippen LogP contribution < -0.4 is 10.2 Å². The number of nitrogens with one attached hydrogen (secondary N) is 1. The smallest absolute Gasteiger partial charge is 0.0603 e. The molecule has 1 aliphatic heterocycles. The van der Waals surface area contributed by atoms with Crippen LogP contribution >= 0.6 is 0 Å². The number of anilines is 2. The van der Waals surface area contributed by atoms with Crippen LogP contribution in [0.1, 0.15) is 13.8 Å². The summed E-state index contributed by atoms with van der Waals surface area (Å²) < 4.78 is 0. The zero-order valence-corrected chi connectivity index (χ0v) is 11.3. The second kappa shape index (κ2) is 4.57. The molecule has 0 bridgehead atoms. The quantitative estimate of drug-likeness (QED) is 0.864. The van der Waals surface area contributed by atoms with E-state index in [1.54, 1.807) is 0 Å². The van der Waals surface area contributed by atoms with E-state index in [1.165, 1.54) is 11.4 Å². The highest BCUT2D eigenvalue weighted by molar-refractivity contribution is 5.73.